The van der Waals surface area contributed by atoms with E-state index < -0.39 is 0 Å². The zero-order chi connectivity index (χ0) is 12.5. The van der Waals surface area contributed by atoms with Crippen LogP contribution >= 0.6 is 11.6 Å². The van der Waals surface area contributed by atoms with Crippen LogP contribution in [-0.4, -0.2) is 37.3 Å². The molecule has 2 aromatic rings. The molecule has 0 bridgehead atoms. The zero-order valence-electron chi connectivity index (χ0n) is 9.75. The highest BCUT2D eigenvalue weighted by Crippen LogP contribution is 2.26. The third-order valence-corrected chi connectivity index (χ3v) is 3.58. The first-order chi connectivity index (χ1) is 8.74. The number of nitrogens with one attached hydrogen (secondary N) is 1. The van der Waals surface area contributed by atoms with Gasteiger partial charge in [0.2, 0.25) is 0 Å². The van der Waals surface area contributed by atoms with Crippen LogP contribution in [0.2, 0.25) is 5.15 Å². The maximum Gasteiger partial charge on any atom is 0.255 e. The smallest absolute Gasteiger partial charge is 0.255 e. The van der Waals surface area contributed by atoms with Crippen molar-refractivity contribution >= 4 is 23.2 Å². The summed E-state index contributed by atoms with van der Waals surface area (Å²) in [5, 5.41) is 17.5. The predicted octanol–water partition coefficient (Wildman–Crippen LogP) is 1.35. The molecule has 1 aliphatic carbocycles. The fourth-order valence-electron chi connectivity index (χ4n) is 2.40. The normalized spacial score (nSPS) is 23.7. The fraction of sp³-hybridized carbons (Fsp3) is 0.545. The lowest BCUT2D eigenvalue weighted by Crippen LogP contribution is -2.22. The number of aliphatic hydroxyl groups excluding tert-OH is 1. The van der Waals surface area contributed by atoms with Gasteiger partial charge in [0, 0.05) is 18.5 Å². The molecule has 7 heteroatoms. The van der Waals surface area contributed by atoms with E-state index in [1.165, 1.54) is 6.33 Å². The van der Waals surface area contributed by atoms with Gasteiger partial charge < -0.3 is 10.4 Å². The second-order valence-electron chi connectivity index (χ2n) is 4.58. The molecule has 3 rings (SSSR count). The summed E-state index contributed by atoms with van der Waals surface area (Å²) in [6.45, 7) is 0.705. The Labute approximate surface area is 109 Å². The van der Waals surface area contributed by atoms with E-state index in [4.69, 9.17) is 11.6 Å². The lowest BCUT2D eigenvalue weighted by molar-refractivity contribution is 0.138. The molecule has 96 valence electrons. The van der Waals surface area contributed by atoms with Gasteiger partial charge in [-0.1, -0.05) is 18.0 Å². The molecule has 0 radical (unpaired) electrons. The molecule has 1 fully saturated rings. The highest BCUT2D eigenvalue weighted by atomic mass is 35.5. The van der Waals surface area contributed by atoms with Crippen molar-refractivity contribution in [3.8, 4) is 0 Å². The van der Waals surface area contributed by atoms with Crippen LogP contribution in [0.4, 0.5) is 5.82 Å². The van der Waals surface area contributed by atoms with Gasteiger partial charge in [-0.2, -0.15) is 19.6 Å². The first-order valence-corrected chi connectivity index (χ1v) is 6.40. The number of hydrogen-bond donors (Lipinski definition) is 2. The molecule has 2 aromatic heterocycles. The summed E-state index contributed by atoms with van der Waals surface area (Å²) in [4.78, 5) is 8.06. The molecule has 18 heavy (non-hydrogen) atoms. The van der Waals surface area contributed by atoms with Crippen LogP contribution in [0, 0.1) is 5.92 Å². The van der Waals surface area contributed by atoms with E-state index in [9.17, 15) is 5.11 Å². The zero-order valence-corrected chi connectivity index (χ0v) is 10.5. The van der Waals surface area contributed by atoms with E-state index in [2.05, 4.69) is 20.4 Å². The molecule has 6 nitrogen and oxygen atoms in total. The van der Waals surface area contributed by atoms with E-state index in [0.717, 1.165) is 25.1 Å². The summed E-state index contributed by atoms with van der Waals surface area (Å²) in [6, 6.07) is 1.71. The number of rotatable bonds is 3. The van der Waals surface area contributed by atoms with Crippen molar-refractivity contribution in [3.63, 3.8) is 0 Å². The van der Waals surface area contributed by atoms with Gasteiger partial charge >= 0.3 is 0 Å². The van der Waals surface area contributed by atoms with Crippen molar-refractivity contribution in [3.05, 3.63) is 17.5 Å². The number of aliphatic hydroxyl groups is 1. The van der Waals surface area contributed by atoms with E-state index in [1.54, 1.807) is 10.6 Å². The number of aromatic nitrogens is 4. The molecule has 1 aliphatic rings. The van der Waals surface area contributed by atoms with Crippen molar-refractivity contribution < 1.29 is 5.11 Å². The van der Waals surface area contributed by atoms with Crippen molar-refractivity contribution in [1.29, 1.82) is 0 Å². The van der Waals surface area contributed by atoms with Crippen LogP contribution in [0.15, 0.2) is 12.4 Å². The summed E-state index contributed by atoms with van der Waals surface area (Å²) in [5.41, 5.74) is 0. The first kappa shape index (κ1) is 11.7. The molecule has 0 amide bonds. The quantitative estimate of drug-likeness (QED) is 0.821. The standard InChI is InChI=1S/C11H14ClN5O/c12-9-4-10(17-11(16-9)14-6-15-17)13-5-7-2-1-3-8(7)18/h4,6-8,13,18H,1-3,5H2. The molecule has 2 N–H and O–H groups in total. The Kier molecular flexibility index (Phi) is 3.05. The predicted molar refractivity (Wildman–Crippen MR) is 67.6 cm³/mol. The number of fused-ring (bicyclic) bond motifs is 1. The average molecular weight is 268 g/mol. The first-order valence-electron chi connectivity index (χ1n) is 6.02. The SMILES string of the molecule is OC1CCCC1CNc1cc(Cl)nc2ncnn12. The van der Waals surface area contributed by atoms with Gasteiger partial charge in [0.15, 0.2) is 0 Å². The maximum atomic E-state index is 9.78. The molecule has 1 saturated carbocycles. The van der Waals surface area contributed by atoms with Crippen molar-refractivity contribution in [2.24, 2.45) is 5.92 Å². The minimum atomic E-state index is -0.207. The largest absolute Gasteiger partial charge is 0.393 e. The lowest BCUT2D eigenvalue weighted by atomic mass is 10.1. The molecule has 2 unspecified atom stereocenters. The number of anilines is 1. The Morgan fingerprint density at radius 1 is 1.50 bits per heavy atom. The van der Waals surface area contributed by atoms with Crippen molar-refractivity contribution in [2.75, 3.05) is 11.9 Å². The van der Waals surface area contributed by atoms with Gasteiger partial charge in [-0.25, -0.2) is 0 Å². The Morgan fingerprint density at radius 2 is 2.39 bits per heavy atom. The highest BCUT2D eigenvalue weighted by molar-refractivity contribution is 6.29. The monoisotopic (exact) mass is 267 g/mol. The molecule has 0 saturated heterocycles. The summed E-state index contributed by atoms with van der Waals surface area (Å²) in [5.74, 6) is 1.51. The molecular formula is C11H14ClN5O. The number of nitrogens with zero attached hydrogens (tertiary/aromatic N) is 4. The third kappa shape index (κ3) is 2.13. The van der Waals surface area contributed by atoms with Gasteiger partial charge in [0.1, 0.15) is 17.3 Å². The Morgan fingerprint density at radius 3 is 3.17 bits per heavy atom. The maximum absolute atomic E-state index is 9.78. The van der Waals surface area contributed by atoms with E-state index in [0.29, 0.717) is 17.5 Å². The highest BCUT2D eigenvalue weighted by Gasteiger charge is 2.25. The van der Waals surface area contributed by atoms with Crippen LogP contribution in [0.1, 0.15) is 19.3 Å². The second-order valence-corrected chi connectivity index (χ2v) is 4.96. The lowest BCUT2D eigenvalue weighted by Gasteiger charge is -2.16. The van der Waals surface area contributed by atoms with Crippen molar-refractivity contribution in [1.82, 2.24) is 19.6 Å². The second kappa shape index (κ2) is 4.70. The van der Waals surface area contributed by atoms with Gasteiger partial charge in [-0.15, -0.1) is 0 Å². The molecule has 2 heterocycles. The molecule has 0 spiro atoms. The molecule has 0 aromatic carbocycles. The Bertz CT molecular complexity index is 557. The van der Waals surface area contributed by atoms with Crippen LogP contribution < -0.4 is 5.32 Å². The number of halogens is 1. The molecule has 0 aliphatic heterocycles. The van der Waals surface area contributed by atoms with E-state index in [-0.39, 0.29) is 12.0 Å². The summed E-state index contributed by atoms with van der Waals surface area (Å²) >= 11 is 5.92. The van der Waals surface area contributed by atoms with E-state index >= 15 is 0 Å². The summed E-state index contributed by atoms with van der Waals surface area (Å²) in [7, 11) is 0. The fourth-order valence-corrected chi connectivity index (χ4v) is 2.58. The van der Waals surface area contributed by atoms with E-state index in [1.807, 2.05) is 0 Å². The molecular weight excluding hydrogens is 254 g/mol. The minimum Gasteiger partial charge on any atom is -0.393 e. The third-order valence-electron chi connectivity index (χ3n) is 3.38. The average Bonchev–Trinajstić information content (AvgIpc) is 2.94. The summed E-state index contributed by atoms with van der Waals surface area (Å²) < 4.78 is 1.60. The molecule has 2 atom stereocenters. The van der Waals surface area contributed by atoms with Crippen molar-refractivity contribution in [2.45, 2.75) is 25.4 Å². The topological polar surface area (TPSA) is 75.3 Å². The van der Waals surface area contributed by atoms with Gasteiger partial charge in [0.25, 0.3) is 5.78 Å². The summed E-state index contributed by atoms with van der Waals surface area (Å²) in [6.07, 6.45) is 4.26. The van der Waals surface area contributed by atoms with Gasteiger partial charge in [-0.05, 0) is 12.8 Å². The van der Waals surface area contributed by atoms with Crippen LogP contribution in [0.5, 0.6) is 0 Å². The van der Waals surface area contributed by atoms with Crippen LogP contribution in [0.3, 0.4) is 0 Å². The van der Waals surface area contributed by atoms with Crippen LogP contribution in [-0.2, 0) is 0 Å². The minimum absolute atomic E-state index is 0.207. The van der Waals surface area contributed by atoms with Crippen LogP contribution in [0.25, 0.3) is 5.78 Å². The van der Waals surface area contributed by atoms with Gasteiger partial charge in [0.05, 0.1) is 6.10 Å². The number of hydrogen-bond acceptors (Lipinski definition) is 5. The Hall–Kier alpha value is -1.40. The Balaban J connectivity index is 1.79. The van der Waals surface area contributed by atoms with Gasteiger partial charge in [-0.3, -0.25) is 0 Å².